The van der Waals surface area contributed by atoms with Gasteiger partial charge >= 0.3 is 0 Å². The number of allylic oxidation sites excluding steroid dienone is 1. The molecule has 0 heterocycles. The summed E-state index contributed by atoms with van der Waals surface area (Å²) in [5.41, 5.74) is 2.08. The molecule has 0 radical (unpaired) electrons. The molecule has 1 N–H and O–H groups in total. The highest BCUT2D eigenvalue weighted by molar-refractivity contribution is 5.79. The molecule has 8 atom stereocenters. The summed E-state index contributed by atoms with van der Waals surface area (Å²) in [6, 6.07) is 0. The van der Waals surface area contributed by atoms with Crippen LogP contribution in [0.2, 0.25) is 0 Å². The Kier molecular flexibility index (Phi) is 4.22. The van der Waals surface area contributed by atoms with Gasteiger partial charge in [0.25, 0.3) is 0 Å². The SMILES string of the molecule is CCC1CC(O)CC2=CC[C@H]3[C@@H]4CC[C@H](C(C)=O)[C@@]4(C)CC[C@@H]3[C@]21C. The molecule has 2 heteroatoms. The van der Waals surface area contributed by atoms with Crippen LogP contribution in [0.4, 0.5) is 0 Å². The summed E-state index contributed by atoms with van der Waals surface area (Å²) in [5.74, 6) is 3.57. The summed E-state index contributed by atoms with van der Waals surface area (Å²) >= 11 is 0. The lowest BCUT2D eigenvalue weighted by Gasteiger charge is -2.60. The summed E-state index contributed by atoms with van der Waals surface area (Å²) in [6.07, 6.45) is 11.5. The minimum Gasteiger partial charge on any atom is -0.393 e. The molecule has 0 amide bonds. The van der Waals surface area contributed by atoms with Crippen molar-refractivity contribution in [3.05, 3.63) is 11.6 Å². The van der Waals surface area contributed by atoms with E-state index in [1.165, 1.54) is 32.1 Å². The number of fused-ring (bicyclic) bond motifs is 5. The third-order valence-electron chi connectivity index (χ3n) is 9.38. The highest BCUT2D eigenvalue weighted by Crippen LogP contribution is 2.67. The van der Waals surface area contributed by atoms with Gasteiger partial charge in [-0.3, -0.25) is 4.79 Å². The van der Waals surface area contributed by atoms with Crippen molar-refractivity contribution >= 4 is 5.78 Å². The number of aliphatic hydroxyl groups excluding tert-OH is 1. The van der Waals surface area contributed by atoms with Gasteiger partial charge < -0.3 is 5.11 Å². The Morgan fingerprint density at radius 3 is 2.68 bits per heavy atom. The molecule has 4 aliphatic rings. The van der Waals surface area contributed by atoms with Crippen LogP contribution in [0.3, 0.4) is 0 Å². The minimum atomic E-state index is -0.136. The van der Waals surface area contributed by atoms with Crippen LogP contribution in [0.1, 0.15) is 79.1 Å². The van der Waals surface area contributed by atoms with Crippen LogP contribution >= 0.6 is 0 Å². The second-order valence-electron chi connectivity index (χ2n) is 10.1. The molecule has 0 aromatic carbocycles. The second kappa shape index (κ2) is 5.94. The van der Waals surface area contributed by atoms with Crippen molar-refractivity contribution in [1.29, 1.82) is 0 Å². The standard InChI is InChI=1S/C23H36O2/c1-5-15-12-17(25)13-16-6-7-18-20-9-8-19(14(2)24)22(20,3)11-10-21(18)23(15,16)4/h6,15,17-21,25H,5,7-13H2,1-4H3/t15?,17?,18-,19+,20-,21-,22+,23-/m0/s1. The fraction of sp³-hybridized carbons (Fsp3) is 0.870. The van der Waals surface area contributed by atoms with Crippen LogP contribution in [-0.4, -0.2) is 17.0 Å². The molecule has 3 saturated carbocycles. The Morgan fingerprint density at radius 1 is 1.24 bits per heavy atom. The molecule has 25 heavy (non-hydrogen) atoms. The molecule has 0 aromatic heterocycles. The second-order valence-corrected chi connectivity index (χ2v) is 10.1. The van der Waals surface area contributed by atoms with Gasteiger partial charge in [0.05, 0.1) is 6.10 Å². The van der Waals surface area contributed by atoms with Gasteiger partial charge in [-0.15, -0.1) is 0 Å². The molecule has 0 aliphatic heterocycles. The van der Waals surface area contributed by atoms with E-state index in [1.54, 1.807) is 5.57 Å². The molecule has 2 unspecified atom stereocenters. The van der Waals surface area contributed by atoms with E-state index >= 15 is 0 Å². The normalized spacial score (nSPS) is 52.0. The van der Waals surface area contributed by atoms with Gasteiger partial charge in [-0.2, -0.15) is 0 Å². The maximum absolute atomic E-state index is 12.3. The predicted molar refractivity (Wildman–Crippen MR) is 101 cm³/mol. The number of hydrogen-bond donors (Lipinski definition) is 1. The molecule has 3 fully saturated rings. The van der Waals surface area contributed by atoms with E-state index in [2.05, 4.69) is 26.8 Å². The minimum absolute atomic E-state index is 0.136. The van der Waals surface area contributed by atoms with Crippen LogP contribution in [0.15, 0.2) is 11.6 Å². The Morgan fingerprint density at radius 2 is 2.00 bits per heavy atom. The lowest BCUT2D eigenvalue weighted by Crippen LogP contribution is -2.53. The van der Waals surface area contributed by atoms with Crippen molar-refractivity contribution in [2.45, 2.75) is 85.2 Å². The Balaban J connectivity index is 1.70. The highest BCUT2D eigenvalue weighted by Gasteiger charge is 2.60. The fourth-order valence-electron chi connectivity index (χ4n) is 8.13. The Hall–Kier alpha value is -0.630. The van der Waals surface area contributed by atoms with Crippen LogP contribution in [-0.2, 0) is 4.79 Å². The van der Waals surface area contributed by atoms with E-state index in [4.69, 9.17) is 0 Å². The van der Waals surface area contributed by atoms with E-state index in [9.17, 15) is 9.90 Å². The van der Waals surface area contributed by atoms with Gasteiger partial charge in [-0.1, -0.05) is 38.8 Å². The molecule has 140 valence electrons. The predicted octanol–water partition coefficient (Wildman–Crippen LogP) is 5.15. The zero-order valence-corrected chi connectivity index (χ0v) is 16.6. The van der Waals surface area contributed by atoms with Crippen molar-refractivity contribution in [2.75, 3.05) is 0 Å². The third-order valence-corrected chi connectivity index (χ3v) is 9.38. The summed E-state index contributed by atoms with van der Waals surface area (Å²) in [6.45, 7) is 9.08. The third kappa shape index (κ3) is 2.35. The average Bonchev–Trinajstić information content (AvgIpc) is 2.92. The Bertz CT molecular complexity index is 593. The molecule has 0 bridgehead atoms. The van der Waals surface area contributed by atoms with Gasteiger partial charge in [0.15, 0.2) is 0 Å². The number of ketones is 1. The maximum atomic E-state index is 12.3. The number of Topliss-reactive ketones (excluding diaryl/α,β-unsaturated/α-hetero) is 1. The van der Waals surface area contributed by atoms with E-state index in [1.807, 2.05) is 6.92 Å². The van der Waals surface area contributed by atoms with Crippen molar-refractivity contribution in [3.63, 3.8) is 0 Å². The number of hydrogen-bond acceptors (Lipinski definition) is 2. The van der Waals surface area contributed by atoms with E-state index < -0.39 is 0 Å². The Labute approximate surface area is 153 Å². The first kappa shape index (κ1) is 17.8. The monoisotopic (exact) mass is 344 g/mol. The molecule has 0 spiro atoms. The number of carbonyl (C=O) groups is 1. The molecule has 4 rings (SSSR count). The first-order chi connectivity index (χ1) is 11.8. The van der Waals surface area contributed by atoms with Gasteiger partial charge in [-0.25, -0.2) is 0 Å². The zero-order valence-electron chi connectivity index (χ0n) is 16.6. The van der Waals surface area contributed by atoms with Gasteiger partial charge in [-0.05, 0) is 86.4 Å². The van der Waals surface area contributed by atoms with Crippen LogP contribution in [0.25, 0.3) is 0 Å². The van der Waals surface area contributed by atoms with E-state index in [0.29, 0.717) is 17.6 Å². The topological polar surface area (TPSA) is 37.3 Å². The van der Waals surface area contributed by atoms with Crippen LogP contribution in [0, 0.1) is 40.4 Å². The van der Waals surface area contributed by atoms with E-state index in [-0.39, 0.29) is 16.9 Å². The fourth-order valence-corrected chi connectivity index (χ4v) is 8.13. The summed E-state index contributed by atoms with van der Waals surface area (Å²) in [5, 5.41) is 10.4. The highest BCUT2D eigenvalue weighted by atomic mass is 16.3. The van der Waals surface area contributed by atoms with Crippen molar-refractivity contribution in [3.8, 4) is 0 Å². The average molecular weight is 345 g/mol. The first-order valence-corrected chi connectivity index (χ1v) is 10.7. The van der Waals surface area contributed by atoms with Crippen LogP contribution < -0.4 is 0 Å². The molecule has 2 nitrogen and oxygen atoms in total. The molecular formula is C23H36O2. The quantitative estimate of drug-likeness (QED) is 0.703. The van der Waals surface area contributed by atoms with Gasteiger partial charge in [0.1, 0.15) is 5.78 Å². The van der Waals surface area contributed by atoms with E-state index in [0.717, 1.165) is 37.0 Å². The van der Waals surface area contributed by atoms with Crippen molar-refractivity contribution in [1.82, 2.24) is 0 Å². The number of carbonyl (C=O) groups excluding carboxylic acids is 1. The smallest absolute Gasteiger partial charge is 0.133 e. The maximum Gasteiger partial charge on any atom is 0.133 e. The lowest BCUT2D eigenvalue weighted by atomic mass is 9.45. The molecule has 4 aliphatic carbocycles. The van der Waals surface area contributed by atoms with Crippen LogP contribution in [0.5, 0.6) is 0 Å². The van der Waals surface area contributed by atoms with Crippen molar-refractivity contribution in [2.24, 2.45) is 40.4 Å². The summed E-state index contributed by atoms with van der Waals surface area (Å²) in [7, 11) is 0. The first-order valence-electron chi connectivity index (χ1n) is 10.7. The molecule has 0 aromatic rings. The number of rotatable bonds is 2. The van der Waals surface area contributed by atoms with Gasteiger partial charge in [0, 0.05) is 5.92 Å². The summed E-state index contributed by atoms with van der Waals surface area (Å²) < 4.78 is 0. The zero-order chi connectivity index (χ0) is 18.0. The van der Waals surface area contributed by atoms with Gasteiger partial charge in [0.2, 0.25) is 0 Å². The molecular weight excluding hydrogens is 308 g/mol. The lowest BCUT2D eigenvalue weighted by molar-refractivity contribution is -0.128. The largest absolute Gasteiger partial charge is 0.393 e. The number of aliphatic hydroxyl groups is 1. The van der Waals surface area contributed by atoms with Crippen molar-refractivity contribution < 1.29 is 9.90 Å². The molecule has 0 saturated heterocycles. The summed E-state index contributed by atoms with van der Waals surface area (Å²) in [4.78, 5) is 12.3.